The molecule has 0 spiro atoms. The van der Waals surface area contributed by atoms with Gasteiger partial charge in [0.2, 0.25) is 0 Å². The highest BCUT2D eigenvalue weighted by Gasteiger charge is 2.33. The van der Waals surface area contributed by atoms with Crippen molar-refractivity contribution in [3.63, 3.8) is 0 Å². The minimum atomic E-state index is -1.63. The molecule has 0 aromatic heterocycles. The van der Waals surface area contributed by atoms with Gasteiger partial charge in [0.15, 0.2) is 16.6 Å². The van der Waals surface area contributed by atoms with Crippen LogP contribution in [0.5, 0.6) is 0 Å². The summed E-state index contributed by atoms with van der Waals surface area (Å²) >= 11 is 0. The van der Waals surface area contributed by atoms with Gasteiger partial charge in [0.1, 0.15) is 0 Å². The molecule has 128 valence electrons. The van der Waals surface area contributed by atoms with Crippen LogP contribution >= 0.6 is 0 Å². The van der Waals surface area contributed by atoms with Crippen molar-refractivity contribution in [3.05, 3.63) is 0 Å². The molecule has 0 amide bonds. The Hall–Kier alpha value is 0.234. The molecule has 0 saturated heterocycles. The van der Waals surface area contributed by atoms with Crippen LogP contribution in [0, 0.1) is 0 Å². The number of hydrogen-bond acceptors (Lipinski definition) is 5. The van der Waals surface area contributed by atoms with E-state index in [1.165, 1.54) is 6.42 Å². The third kappa shape index (κ3) is 12.5. The molecule has 0 heterocycles. The second-order valence-electron chi connectivity index (χ2n) is 7.14. The van der Waals surface area contributed by atoms with Crippen LogP contribution in [0.2, 0.25) is 26.2 Å². The van der Waals surface area contributed by atoms with Gasteiger partial charge in [-0.1, -0.05) is 0 Å². The summed E-state index contributed by atoms with van der Waals surface area (Å²) in [4.78, 5) is 2.38. The lowest BCUT2D eigenvalue weighted by Gasteiger charge is -2.36. The Morgan fingerprint density at radius 2 is 1.71 bits per heavy atom. The molecule has 0 bridgehead atoms. The molecule has 0 aliphatic heterocycles. The smallest absolute Gasteiger partial charge is 0.187 e. The fourth-order valence-corrected chi connectivity index (χ4v) is 11.5. The van der Waals surface area contributed by atoms with Gasteiger partial charge in [-0.05, 0) is 79.3 Å². The molecule has 0 radical (unpaired) electrons. The van der Waals surface area contributed by atoms with Crippen molar-refractivity contribution in [1.29, 1.82) is 0 Å². The molecular formula is C14H38N4OSi2. The standard InChI is InChI=1S/C14H38N4OSi2/c1-16-10-8-11-17-13-20(3,4)19-21(5,6)14-18(2)12-7-9-15/h16-17H,7-15H2,1-6H3. The lowest BCUT2D eigenvalue weighted by atomic mass is 10.4. The van der Waals surface area contributed by atoms with Crippen molar-refractivity contribution in [2.24, 2.45) is 5.73 Å². The highest BCUT2D eigenvalue weighted by molar-refractivity contribution is 6.85. The topological polar surface area (TPSA) is 62.5 Å². The van der Waals surface area contributed by atoms with Gasteiger partial charge in [-0.15, -0.1) is 0 Å². The van der Waals surface area contributed by atoms with E-state index in [-0.39, 0.29) is 0 Å². The lowest BCUT2D eigenvalue weighted by Crippen LogP contribution is -2.55. The van der Waals surface area contributed by atoms with Gasteiger partial charge < -0.3 is 25.4 Å². The van der Waals surface area contributed by atoms with E-state index < -0.39 is 16.6 Å². The summed E-state index contributed by atoms with van der Waals surface area (Å²) in [6.45, 7) is 13.3. The predicted molar refractivity (Wildman–Crippen MR) is 98.6 cm³/mol. The van der Waals surface area contributed by atoms with Crippen LogP contribution in [0.4, 0.5) is 0 Å². The quantitative estimate of drug-likeness (QED) is 0.346. The maximum atomic E-state index is 6.61. The zero-order valence-electron chi connectivity index (χ0n) is 15.1. The molecule has 21 heavy (non-hydrogen) atoms. The SMILES string of the molecule is CNCCCNC[Si](C)(C)O[Si](C)(C)CN(C)CCCN. The van der Waals surface area contributed by atoms with E-state index in [1.807, 2.05) is 7.05 Å². The fourth-order valence-electron chi connectivity index (χ4n) is 2.69. The van der Waals surface area contributed by atoms with Crippen LogP contribution < -0.4 is 16.4 Å². The van der Waals surface area contributed by atoms with E-state index in [0.717, 1.165) is 44.9 Å². The van der Waals surface area contributed by atoms with Crippen LogP contribution in [-0.2, 0) is 4.12 Å². The zero-order chi connectivity index (χ0) is 16.4. The molecule has 4 N–H and O–H groups in total. The summed E-state index contributed by atoms with van der Waals surface area (Å²) in [5.74, 6) is 0. The van der Waals surface area contributed by atoms with Crippen molar-refractivity contribution in [1.82, 2.24) is 15.5 Å². The number of hydrogen-bond donors (Lipinski definition) is 3. The first-order valence-electron chi connectivity index (χ1n) is 8.16. The van der Waals surface area contributed by atoms with Gasteiger partial charge in [-0.3, -0.25) is 0 Å². The molecule has 0 aliphatic carbocycles. The van der Waals surface area contributed by atoms with Crippen molar-refractivity contribution in [3.8, 4) is 0 Å². The van der Waals surface area contributed by atoms with Crippen LogP contribution in [-0.4, -0.2) is 74.1 Å². The van der Waals surface area contributed by atoms with Crippen LogP contribution in [0.15, 0.2) is 0 Å². The van der Waals surface area contributed by atoms with Crippen molar-refractivity contribution in [2.45, 2.75) is 39.0 Å². The van der Waals surface area contributed by atoms with E-state index in [0.29, 0.717) is 0 Å². The lowest BCUT2D eigenvalue weighted by molar-refractivity contribution is 0.357. The molecule has 7 heteroatoms. The molecule has 0 atom stereocenters. The molecule has 0 aromatic carbocycles. The summed E-state index contributed by atoms with van der Waals surface area (Å²) in [5, 5.41) is 6.73. The van der Waals surface area contributed by atoms with Gasteiger partial charge in [-0.2, -0.15) is 0 Å². The molecule has 0 aromatic rings. The van der Waals surface area contributed by atoms with Gasteiger partial charge in [-0.25, -0.2) is 0 Å². The summed E-state index contributed by atoms with van der Waals surface area (Å²) in [6, 6.07) is 0. The van der Waals surface area contributed by atoms with Crippen molar-refractivity contribution < 1.29 is 4.12 Å². The first-order chi connectivity index (χ1) is 9.72. The number of rotatable bonds is 13. The Balaban J connectivity index is 4.08. The molecule has 0 aliphatic rings. The summed E-state index contributed by atoms with van der Waals surface area (Å²) < 4.78 is 6.61. The van der Waals surface area contributed by atoms with E-state index in [1.54, 1.807) is 0 Å². The second-order valence-corrected chi connectivity index (χ2v) is 15.7. The Morgan fingerprint density at radius 1 is 1.05 bits per heavy atom. The maximum absolute atomic E-state index is 6.61. The maximum Gasteiger partial charge on any atom is 0.187 e. The van der Waals surface area contributed by atoms with E-state index in [2.05, 4.69) is 48.8 Å². The highest BCUT2D eigenvalue weighted by Crippen LogP contribution is 2.15. The van der Waals surface area contributed by atoms with Crippen LogP contribution in [0.25, 0.3) is 0 Å². The zero-order valence-corrected chi connectivity index (χ0v) is 17.1. The van der Waals surface area contributed by atoms with E-state index in [4.69, 9.17) is 9.85 Å². The van der Waals surface area contributed by atoms with Crippen molar-refractivity contribution in [2.75, 3.05) is 52.6 Å². The van der Waals surface area contributed by atoms with Gasteiger partial charge >= 0.3 is 0 Å². The van der Waals surface area contributed by atoms with Gasteiger partial charge in [0.05, 0.1) is 0 Å². The Bertz CT molecular complexity index is 265. The third-order valence-corrected chi connectivity index (χ3v) is 10.1. The van der Waals surface area contributed by atoms with E-state index >= 15 is 0 Å². The number of nitrogens with one attached hydrogen (secondary N) is 2. The third-order valence-electron chi connectivity index (χ3n) is 3.28. The van der Waals surface area contributed by atoms with Crippen molar-refractivity contribution >= 4 is 16.6 Å². The van der Waals surface area contributed by atoms with E-state index in [9.17, 15) is 0 Å². The Kier molecular flexibility index (Phi) is 11.0. The fraction of sp³-hybridized carbons (Fsp3) is 1.00. The first kappa shape index (κ1) is 21.2. The van der Waals surface area contributed by atoms with Crippen LogP contribution in [0.1, 0.15) is 12.8 Å². The predicted octanol–water partition coefficient (Wildman–Crippen LogP) is 0.971. The second kappa shape index (κ2) is 10.9. The molecule has 0 unspecified atom stereocenters. The van der Waals surface area contributed by atoms with Crippen LogP contribution in [0.3, 0.4) is 0 Å². The minimum absolute atomic E-state index is 0.768. The Morgan fingerprint density at radius 3 is 2.29 bits per heavy atom. The average Bonchev–Trinajstić information content (AvgIpc) is 2.34. The minimum Gasteiger partial charge on any atom is -0.454 e. The van der Waals surface area contributed by atoms with Gasteiger partial charge in [0, 0.05) is 12.3 Å². The summed E-state index contributed by atoms with van der Waals surface area (Å²) in [7, 11) is 0.925. The molecule has 0 rings (SSSR count). The number of nitrogens with zero attached hydrogens (tertiary/aromatic N) is 1. The monoisotopic (exact) mass is 334 g/mol. The normalized spacial score (nSPS) is 13.1. The largest absolute Gasteiger partial charge is 0.454 e. The summed E-state index contributed by atoms with van der Waals surface area (Å²) in [6.07, 6.45) is 4.36. The molecular weight excluding hydrogens is 296 g/mol. The number of nitrogens with two attached hydrogens (primary N) is 1. The summed E-state index contributed by atoms with van der Waals surface area (Å²) in [5.41, 5.74) is 5.58. The Labute approximate surface area is 134 Å². The average molecular weight is 335 g/mol. The van der Waals surface area contributed by atoms with Gasteiger partial charge in [0.25, 0.3) is 0 Å². The molecule has 0 saturated carbocycles. The molecule has 0 fully saturated rings. The first-order valence-corrected chi connectivity index (χ1v) is 14.4. The molecule has 5 nitrogen and oxygen atoms in total. The highest BCUT2D eigenvalue weighted by atomic mass is 28.4.